The van der Waals surface area contributed by atoms with Crippen LogP contribution >= 0.6 is 0 Å². The van der Waals surface area contributed by atoms with Gasteiger partial charge >= 0.3 is 0 Å². The molecule has 0 fully saturated rings. The van der Waals surface area contributed by atoms with Crippen LogP contribution in [0.15, 0.2) is 24.3 Å². The van der Waals surface area contributed by atoms with E-state index in [0.29, 0.717) is 6.42 Å². The van der Waals surface area contributed by atoms with Crippen LogP contribution in [-0.4, -0.2) is 5.91 Å². The van der Waals surface area contributed by atoms with Crippen molar-refractivity contribution in [3.05, 3.63) is 29.8 Å². The SMILES string of the molecule is CCC(C#N)C(=O)Nc1ccc(C)cc1. The molecule has 1 atom stereocenters. The minimum absolute atomic E-state index is 0.233. The van der Waals surface area contributed by atoms with Crippen molar-refractivity contribution in [3.63, 3.8) is 0 Å². The molecule has 0 aromatic heterocycles. The van der Waals surface area contributed by atoms with E-state index in [0.717, 1.165) is 11.3 Å². The predicted octanol–water partition coefficient (Wildman–Crippen LogP) is 2.48. The molecule has 0 aliphatic heterocycles. The lowest BCUT2D eigenvalue weighted by Crippen LogP contribution is -2.20. The summed E-state index contributed by atoms with van der Waals surface area (Å²) >= 11 is 0. The number of anilines is 1. The number of nitriles is 1. The highest BCUT2D eigenvalue weighted by atomic mass is 16.1. The van der Waals surface area contributed by atoms with E-state index < -0.39 is 5.92 Å². The van der Waals surface area contributed by atoms with E-state index in [-0.39, 0.29) is 5.91 Å². The number of hydrogen-bond donors (Lipinski definition) is 1. The van der Waals surface area contributed by atoms with E-state index in [1.54, 1.807) is 0 Å². The van der Waals surface area contributed by atoms with Crippen LogP contribution in [-0.2, 0) is 4.79 Å². The molecule has 1 unspecified atom stereocenters. The van der Waals surface area contributed by atoms with Crippen LogP contribution in [0, 0.1) is 24.2 Å². The zero-order valence-corrected chi connectivity index (χ0v) is 8.95. The fraction of sp³-hybridized carbons (Fsp3) is 0.333. The molecular formula is C12H14N2O. The minimum Gasteiger partial charge on any atom is -0.325 e. The quantitative estimate of drug-likeness (QED) is 0.818. The Kier molecular flexibility index (Phi) is 3.87. The fourth-order valence-corrected chi connectivity index (χ4v) is 1.20. The number of rotatable bonds is 3. The summed E-state index contributed by atoms with van der Waals surface area (Å²) in [7, 11) is 0. The molecular weight excluding hydrogens is 188 g/mol. The molecule has 1 N–H and O–H groups in total. The van der Waals surface area contributed by atoms with Gasteiger partial charge in [-0.1, -0.05) is 24.6 Å². The van der Waals surface area contributed by atoms with Gasteiger partial charge in [0.1, 0.15) is 5.92 Å². The molecule has 0 radical (unpaired) electrons. The van der Waals surface area contributed by atoms with Crippen molar-refractivity contribution < 1.29 is 4.79 Å². The van der Waals surface area contributed by atoms with Gasteiger partial charge in [0.25, 0.3) is 0 Å². The van der Waals surface area contributed by atoms with Gasteiger partial charge in [-0.15, -0.1) is 0 Å². The summed E-state index contributed by atoms with van der Waals surface area (Å²) in [4.78, 5) is 11.5. The van der Waals surface area contributed by atoms with Crippen LogP contribution in [0.3, 0.4) is 0 Å². The Morgan fingerprint density at radius 2 is 2.07 bits per heavy atom. The standard InChI is InChI=1S/C12H14N2O/c1-3-10(8-13)12(15)14-11-6-4-9(2)5-7-11/h4-7,10H,3H2,1-2H3,(H,14,15). The largest absolute Gasteiger partial charge is 0.325 e. The van der Waals surface area contributed by atoms with Crippen LogP contribution in [0.5, 0.6) is 0 Å². The Balaban J connectivity index is 2.67. The van der Waals surface area contributed by atoms with Crippen LogP contribution in [0.25, 0.3) is 0 Å². The fourth-order valence-electron chi connectivity index (χ4n) is 1.20. The lowest BCUT2D eigenvalue weighted by Gasteiger charge is -2.08. The first-order valence-corrected chi connectivity index (χ1v) is 4.94. The van der Waals surface area contributed by atoms with Gasteiger partial charge in [-0.25, -0.2) is 0 Å². The van der Waals surface area contributed by atoms with Gasteiger partial charge in [0, 0.05) is 5.69 Å². The second-order valence-electron chi connectivity index (χ2n) is 3.45. The van der Waals surface area contributed by atoms with Crippen LogP contribution in [0.2, 0.25) is 0 Å². The normalized spacial score (nSPS) is 11.5. The number of nitrogens with zero attached hydrogens (tertiary/aromatic N) is 1. The van der Waals surface area contributed by atoms with Crippen molar-refractivity contribution >= 4 is 11.6 Å². The van der Waals surface area contributed by atoms with E-state index in [4.69, 9.17) is 5.26 Å². The Labute approximate surface area is 89.7 Å². The zero-order chi connectivity index (χ0) is 11.3. The zero-order valence-electron chi connectivity index (χ0n) is 8.95. The summed E-state index contributed by atoms with van der Waals surface area (Å²) in [6.45, 7) is 3.80. The van der Waals surface area contributed by atoms with Crippen molar-refractivity contribution in [2.24, 2.45) is 5.92 Å². The number of hydrogen-bond acceptors (Lipinski definition) is 2. The summed E-state index contributed by atoms with van der Waals surface area (Å²) in [6.07, 6.45) is 0.536. The molecule has 15 heavy (non-hydrogen) atoms. The maximum atomic E-state index is 11.5. The highest BCUT2D eigenvalue weighted by Crippen LogP contribution is 2.11. The molecule has 0 aliphatic carbocycles. The third kappa shape index (κ3) is 3.10. The second kappa shape index (κ2) is 5.16. The first-order valence-electron chi connectivity index (χ1n) is 4.94. The average Bonchev–Trinajstić information content (AvgIpc) is 2.23. The summed E-state index contributed by atoms with van der Waals surface area (Å²) in [5.74, 6) is -0.796. The van der Waals surface area contributed by atoms with Crippen LogP contribution in [0.4, 0.5) is 5.69 Å². The van der Waals surface area contributed by atoms with E-state index >= 15 is 0 Å². The first kappa shape index (κ1) is 11.3. The monoisotopic (exact) mass is 202 g/mol. The third-order valence-electron chi connectivity index (χ3n) is 2.20. The molecule has 1 aromatic rings. The number of aryl methyl sites for hydroxylation is 1. The summed E-state index contributed by atoms with van der Waals surface area (Å²) in [5.41, 5.74) is 1.87. The number of carbonyl (C=O) groups is 1. The van der Waals surface area contributed by atoms with Gasteiger partial charge in [0.05, 0.1) is 6.07 Å². The van der Waals surface area contributed by atoms with E-state index in [1.807, 2.05) is 44.2 Å². The molecule has 0 saturated heterocycles. The van der Waals surface area contributed by atoms with E-state index in [9.17, 15) is 4.79 Å². The molecule has 78 valence electrons. The molecule has 0 heterocycles. The maximum absolute atomic E-state index is 11.5. The summed E-state index contributed by atoms with van der Waals surface area (Å²) in [6, 6.07) is 9.47. The highest BCUT2D eigenvalue weighted by Gasteiger charge is 2.14. The summed E-state index contributed by atoms with van der Waals surface area (Å²) < 4.78 is 0. The first-order chi connectivity index (χ1) is 7.17. The number of nitrogens with one attached hydrogen (secondary N) is 1. The molecule has 0 spiro atoms. The Morgan fingerprint density at radius 1 is 1.47 bits per heavy atom. The van der Waals surface area contributed by atoms with E-state index in [1.165, 1.54) is 0 Å². The molecule has 0 aliphatic rings. The summed E-state index contributed by atoms with van der Waals surface area (Å²) in [5, 5.41) is 11.4. The van der Waals surface area contributed by atoms with Crippen molar-refractivity contribution in [2.45, 2.75) is 20.3 Å². The van der Waals surface area contributed by atoms with Gasteiger partial charge in [0.2, 0.25) is 5.91 Å². The van der Waals surface area contributed by atoms with Crippen LogP contribution < -0.4 is 5.32 Å². The highest BCUT2D eigenvalue weighted by molar-refractivity contribution is 5.94. The minimum atomic E-state index is -0.564. The Hall–Kier alpha value is -1.82. The van der Waals surface area contributed by atoms with Gasteiger partial charge < -0.3 is 5.32 Å². The third-order valence-corrected chi connectivity index (χ3v) is 2.20. The van der Waals surface area contributed by atoms with Crippen molar-refractivity contribution in [1.82, 2.24) is 0 Å². The second-order valence-corrected chi connectivity index (χ2v) is 3.45. The Bertz CT molecular complexity index is 376. The Morgan fingerprint density at radius 3 is 2.53 bits per heavy atom. The molecule has 0 saturated carbocycles. The molecule has 1 rings (SSSR count). The number of benzene rings is 1. The lowest BCUT2D eigenvalue weighted by molar-refractivity contribution is -0.118. The molecule has 1 amide bonds. The van der Waals surface area contributed by atoms with Gasteiger partial charge in [-0.2, -0.15) is 5.26 Å². The van der Waals surface area contributed by atoms with Gasteiger partial charge in [-0.3, -0.25) is 4.79 Å². The van der Waals surface area contributed by atoms with Gasteiger partial charge in [0.15, 0.2) is 0 Å². The molecule has 0 bridgehead atoms. The van der Waals surface area contributed by atoms with Crippen molar-refractivity contribution in [3.8, 4) is 6.07 Å². The predicted molar refractivity (Wildman–Crippen MR) is 59.2 cm³/mol. The molecule has 1 aromatic carbocycles. The molecule has 3 nitrogen and oxygen atoms in total. The van der Waals surface area contributed by atoms with Crippen LogP contribution in [0.1, 0.15) is 18.9 Å². The topological polar surface area (TPSA) is 52.9 Å². The number of amides is 1. The average molecular weight is 202 g/mol. The van der Waals surface area contributed by atoms with Crippen molar-refractivity contribution in [1.29, 1.82) is 5.26 Å². The number of carbonyl (C=O) groups excluding carboxylic acids is 1. The van der Waals surface area contributed by atoms with Gasteiger partial charge in [-0.05, 0) is 25.5 Å². The van der Waals surface area contributed by atoms with Crippen molar-refractivity contribution in [2.75, 3.05) is 5.32 Å². The smallest absolute Gasteiger partial charge is 0.241 e. The molecule has 3 heteroatoms. The lowest BCUT2D eigenvalue weighted by atomic mass is 10.1. The van der Waals surface area contributed by atoms with E-state index in [2.05, 4.69) is 5.32 Å². The maximum Gasteiger partial charge on any atom is 0.241 e.